The molecule has 0 aliphatic carbocycles. The molecule has 0 aliphatic heterocycles. The second-order valence-electron chi connectivity index (χ2n) is 10.8. The van der Waals surface area contributed by atoms with E-state index in [9.17, 15) is 14.4 Å². The summed E-state index contributed by atoms with van der Waals surface area (Å²) in [5.74, 6) is -0.724. The van der Waals surface area contributed by atoms with Crippen molar-refractivity contribution in [3.63, 3.8) is 0 Å². The van der Waals surface area contributed by atoms with Crippen LogP contribution in [0.1, 0.15) is 67.4 Å². The summed E-state index contributed by atoms with van der Waals surface area (Å²) in [6.07, 6.45) is 1.35. The molecule has 1 aromatic carbocycles. The number of hydrogen-bond donors (Lipinski definition) is 2. The molecular weight excluding hydrogens is 408 g/mol. The summed E-state index contributed by atoms with van der Waals surface area (Å²) in [6.45, 7) is 14.0. The molecule has 7 heteroatoms. The van der Waals surface area contributed by atoms with E-state index >= 15 is 0 Å². The normalized spacial score (nSPS) is 13.5. The van der Waals surface area contributed by atoms with Gasteiger partial charge in [-0.25, -0.2) is 4.79 Å². The van der Waals surface area contributed by atoms with E-state index in [-0.39, 0.29) is 18.6 Å². The summed E-state index contributed by atoms with van der Waals surface area (Å²) in [4.78, 5) is 41.6. The van der Waals surface area contributed by atoms with Gasteiger partial charge in [0.2, 0.25) is 0 Å². The molecule has 1 atom stereocenters. The quantitative estimate of drug-likeness (QED) is 0.590. The number of rotatable bonds is 7. The Hall–Kier alpha value is -2.83. The SMILES string of the molecule is CC(C)(C)OC(=O)N[C@H](Cc1c[nH]c2ccccc12)C(=O)CC(C)(C)C(=O)OC(C)(C)C. The third kappa shape index (κ3) is 7.39. The van der Waals surface area contributed by atoms with E-state index in [0.717, 1.165) is 16.5 Å². The first-order valence-corrected chi connectivity index (χ1v) is 10.9. The molecule has 176 valence electrons. The number of carbonyl (C=O) groups is 3. The van der Waals surface area contributed by atoms with Gasteiger partial charge in [-0.15, -0.1) is 0 Å². The van der Waals surface area contributed by atoms with Crippen LogP contribution in [0.2, 0.25) is 0 Å². The number of benzene rings is 1. The smallest absolute Gasteiger partial charge is 0.408 e. The van der Waals surface area contributed by atoms with Gasteiger partial charge < -0.3 is 19.8 Å². The van der Waals surface area contributed by atoms with Crippen LogP contribution in [0.3, 0.4) is 0 Å². The molecule has 1 aromatic heterocycles. The van der Waals surface area contributed by atoms with Gasteiger partial charge in [0.1, 0.15) is 11.2 Å². The first-order chi connectivity index (χ1) is 14.6. The fraction of sp³-hybridized carbons (Fsp3) is 0.560. The van der Waals surface area contributed by atoms with Crippen LogP contribution in [-0.4, -0.2) is 40.1 Å². The lowest BCUT2D eigenvalue weighted by Gasteiger charge is -2.29. The maximum absolute atomic E-state index is 13.3. The van der Waals surface area contributed by atoms with E-state index in [1.54, 1.807) is 55.4 Å². The number of H-pyrrole nitrogens is 1. The van der Waals surface area contributed by atoms with Crippen LogP contribution >= 0.6 is 0 Å². The summed E-state index contributed by atoms with van der Waals surface area (Å²) in [7, 11) is 0. The van der Waals surface area contributed by atoms with E-state index in [4.69, 9.17) is 9.47 Å². The van der Waals surface area contributed by atoms with E-state index < -0.39 is 34.7 Å². The number of ether oxygens (including phenoxy) is 2. The molecule has 0 saturated carbocycles. The highest BCUT2D eigenvalue weighted by molar-refractivity contribution is 5.93. The predicted octanol–water partition coefficient (Wildman–Crippen LogP) is 4.93. The van der Waals surface area contributed by atoms with Crippen molar-refractivity contribution >= 4 is 28.7 Å². The number of aromatic nitrogens is 1. The maximum Gasteiger partial charge on any atom is 0.408 e. The monoisotopic (exact) mass is 444 g/mol. The van der Waals surface area contributed by atoms with Gasteiger partial charge in [0.15, 0.2) is 5.78 Å². The van der Waals surface area contributed by atoms with E-state index in [0.29, 0.717) is 0 Å². The molecule has 32 heavy (non-hydrogen) atoms. The maximum atomic E-state index is 13.3. The number of alkyl carbamates (subject to hydrolysis) is 1. The molecule has 0 fully saturated rings. The fourth-order valence-electron chi connectivity index (χ4n) is 3.26. The molecule has 1 amide bonds. The third-order valence-corrected chi connectivity index (χ3v) is 4.75. The average molecular weight is 445 g/mol. The van der Waals surface area contributed by atoms with E-state index in [2.05, 4.69) is 10.3 Å². The summed E-state index contributed by atoms with van der Waals surface area (Å²) >= 11 is 0. The Kier molecular flexibility index (Phi) is 7.43. The van der Waals surface area contributed by atoms with Gasteiger partial charge in [-0.2, -0.15) is 0 Å². The van der Waals surface area contributed by atoms with Crippen LogP contribution in [0.4, 0.5) is 4.79 Å². The Morgan fingerprint density at radius 3 is 2.12 bits per heavy atom. The Labute approximate surface area is 190 Å². The molecular formula is C25H36N2O5. The minimum absolute atomic E-state index is 0.0786. The van der Waals surface area contributed by atoms with E-state index in [1.165, 1.54) is 0 Å². The first-order valence-electron chi connectivity index (χ1n) is 10.9. The highest BCUT2D eigenvalue weighted by atomic mass is 16.6. The number of amides is 1. The number of Topliss-reactive ketones (excluding diaryl/α,β-unsaturated/α-hetero) is 1. The molecule has 0 saturated heterocycles. The van der Waals surface area contributed by atoms with Crippen molar-refractivity contribution in [3.8, 4) is 0 Å². The Balaban J connectivity index is 2.25. The van der Waals surface area contributed by atoms with Crippen LogP contribution in [0.25, 0.3) is 10.9 Å². The van der Waals surface area contributed by atoms with Crippen molar-refractivity contribution in [2.45, 2.75) is 85.5 Å². The van der Waals surface area contributed by atoms with Gasteiger partial charge in [0.25, 0.3) is 0 Å². The lowest BCUT2D eigenvalue weighted by Crippen LogP contribution is -2.46. The van der Waals surface area contributed by atoms with Gasteiger partial charge in [-0.1, -0.05) is 18.2 Å². The second-order valence-corrected chi connectivity index (χ2v) is 10.8. The molecule has 2 rings (SSSR count). The molecule has 7 nitrogen and oxygen atoms in total. The number of fused-ring (bicyclic) bond motifs is 1. The van der Waals surface area contributed by atoms with Crippen LogP contribution in [0.5, 0.6) is 0 Å². The first kappa shape index (κ1) is 25.4. The number of hydrogen-bond acceptors (Lipinski definition) is 5. The summed E-state index contributed by atoms with van der Waals surface area (Å²) in [5.41, 5.74) is -0.562. The number of nitrogens with one attached hydrogen (secondary N) is 2. The zero-order chi connectivity index (χ0) is 24.3. The molecule has 2 aromatic rings. The van der Waals surface area contributed by atoms with Crippen LogP contribution in [0, 0.1) is 5.41 Å². The highest BCUT2D eigenvalue weighted by Gasteiger charge is 2.37. The van der Waals surface area contributed by atoms with Crippen LogP contribution in [-0.2, 0) is 25.5 Å². The van der Waals surface area contributed by atoms with Crippen molar-refractivity contribution in [2.75, 3.05) is 0 Å². The number of para-hydroxylation sites is 1. The van der Waals surface area contributed by atoms with Gasteiger partial charge in [-0.05, 0) is 67.0 Å². The fourth-order valence-corrected chi connectivity index (χ4v) is 3.26. The van der Waals surface area contributed by atoms with Gasteiger partial charge in [0, 0.05) is 29.9 Å². The number of carbonyl (C=O) groups excluding carboxylic acids is 3. The summed E-state index contributed by atoms with van der Waals surface area (Å²) in [5, 5.41) is 3.68. The van der Waals surface area contributed by atoms with Crippen molar-refractivity contribution in [1.82, 2.24) is 10.3 Å². The van der Waals surface area contributed by atoms with Crippen molar-refractivity contribution < 1.29 is 23.9 Å². The molecule has 0 aliphatic rings. The summed E-state index contributed by atoms with van der Waals surface area (Å²) in [6, 6.07) is 6.89. The topological polar surface area (TPSA) is 97.5 Å². The largest absolute Gasteiger partial charge is 0.460 e. The van der Waals surface area contributed by atoms with Crippen LogP contribution in [0.15, 0.2) is 30.5 Å². The average Bonchev–Trinajstić information content (AvgIpc) is 3.01. The number of aromatic amines is 1. The molecule has 2 N–H and O–H groups in total. The zero-order valence-corrected chi connectivity index (χ0v) is 20.4. The molecule has 1 heterocycles. The molecule has 0 unspecified atom stereocenters. The highest BCUT2D eigenvalue weighted by Crippen LogP contribution is 2.27. The van der Waals surface area contributed by atoms with Crippen molar-refractivity contribution in [2.24, 2.45) is 5.41 Å². The van der Waals surface area contributed by atoms with Crippen LogP contribution < -0.4 is 5.32 Å². The second kappa shape index (κ2) is 9.35. The molecule has 0 radical (unpaired) electrons. The minimum atomic E-state index is -1.04. The minimum Gasteiger partial charge on any atom is -0.460 e. The third-order valence-electron chi connectivity index (χ3n) is 4.75. The Morgan fingerprint density at radius 1 is 0.938 bits per heavy atom. The molecule has 0 spiro atoms. The van der Waals surface area contributed by atoms with Gasteiger partial charge >= 0.3 is 12.1 Å². The van der Waals surface area contributed by atoms with E-state index in [1.807, 2.05) is 30.5 Å². The zero-order valence-electron chi connectivity index (χ0n) is 20.4. The van der Waals surface area contributed by atoms with Crippen molar-refractivity contribution in [3.05, 3.63) is 36.0 Å². The molecule has 0 bridgehead atoms. The number of ketones is 1. The lowest BCUT2D eigenvalue weighted by atomic mass is 9.84. The summed E-state index contributed by atoms with van der Waals surface area (Å²) < 4.78 is 10.9. The number of esters is 1. The Bertz CT molecular complexity index is 976. The Morgan fingerprint density at radius 2 is 1.53 bits per heavy atom. The van der Waals surface area contributed by atoms with Crippen molar-refractivity contribution in [1.29, 1.82) is 0 Å². The lowest BCUT2D eigenvalue weighted by molar-refractivity contribution is -0.167. The van der Waals surface area contributed by atoms with Gasteiger partial charge in [0.05, 0.1) is 11.5 Å². The van der Waals surface area contributed by atoms with Gasteiger partial charge in [-0.3, -0.25) is 9.59 Å². The standard InChI is InChI=1S/C25H36N2O5/c1-23(2,3)31-21(29)25(7,8)14-20(28)19(27-22(30)32-24(4,5)6)13-16-15-26-18-12-10-9-11-17(16)18/h9-12,15,19,26H,13-14H2,1-8H3,(H,27,30)/t19-/m1/s1. The predicted molar refractivity (Wildman–Crippen MR) is 124 cm³/mol.